The highest BCUT2D eigenvalue weighted by Gasteiger charge is 2.27. The van der Waals surface area contributed by atoms with E-state index in [9.17, 15) is 9.59 Å². The van der Waals surface area contributed by atoms with Crippen LogP contribution in [-0.2, 0) is 16.1 Å². The van der Waals surface area contributed by atoms with Gasteiger partial charge < -0.3 is 19.9 Å². The van der Waals surface area contributed by atoms with Gasteiger partial charge in [0, 0.05) is 25.9 Å². The summed E-state index contributed by atoms with van der Waals surface area (Å²) in [4.78, 5) is 28.8. The maximum absolute atomic E-state index is 12.7. The minimum absolute atomic E-state index is 0.0460. The number of rotatable bonds is 9. The van der Waals surface area contributed by atoms with E-state index in [0.29, 0.717) is 18.8 Å². The average Bonchev–Trinajstić information content (AvgIpc) is 2.75. The van der Waals surface area contributed by atoms with Gasteiger partial charge in [-0.05, 0) is 44.6 Å². The average molecular weight is 410 g/mol. The number of anilines is 1. The zero-order valence-electron chi connectivity index (χ0n) is 17.8. The smallest absolute Gasteiger partial charge is 0.227 e. The van der Waals surface area contributed by atoms with Crippen LogP contribution in [0, 0.1) is 0 Å². The van der Waals surface area contributed by atoms with E-state index < -0.39 is 0 Å². The van der Waals surface area contributed by atoms with Crippen molar-refractivity contribution in [2.75, 3.05) is 31.6 Å². The van der Waals surface area contributed by atoms with E-state index in [0.717, 1.165) is 25.2 Å². The predicted octanol–water partition coefficient (Wildman–Crippen LogP) is 3.22. The van der Waals surface area contributed by atoms with Crippen LogP contribution in [0.1, 0.15) is 31.7 Å². The first-order chi connectivity index (χ1) is 14.5. The summed E-state index contributed by atoms with van der Waals surface area (Å²) in [5, 5.41) is 2.93. The van der Waals surface area contributed by atoms with Crippen molar-refractivity contribution in [2.24, 2.45) is 0 Å². The van der Waals surface area contributed by atoms with Gasteiger partial charge in [0.25, 0.3) is 0 Å². The molecule has 0 unspecified atom stereocenters. The van der Waals surface area contributed by atoms with E-state index in [4.69, 9.17) is 4.74 Å². The molecule has 160 valence electrons. The van der Waals surface area contributed by atoms with E-state index >= 15 is 0 Å². The molecule has 0 saturated carbocycles. The molecule has 0 saturated heterocycles. The number of hydrogen-bond acceptors (Lipinski definition) is 4. The molecule has 0 fully saturated rings. The van der Waals surface area contributed by atoms with Gasteiger partial charge in [-0.2, -0.15) is 0 Å². The molecule has 2 aromatic carbocycles. The molecular formula is C24H31N3O3. The predicted molar refractivity (Wildman–Crippen MR) is 119 cm³/mol. The third-order valence-corrected chi connectivity index (χ3v) is 5.12. The number of fused-ring (bicyclic) bond motifs is 1. The highest BCUT2D eigenvalue weighted by atomic mass is 16.5. The third kappa shape index (κ3) is 6.32. The molecule has 1 N–H and O–H groups in total. The molecule has 2 amide bonds. The summed E-state index contributed by atoms with van der Waals surface area (Å²) in [6.45, 7) is 4.85. The molecule has 1 aliphatic heterocycles. The molecule has 0 aliphatic carbocycles. The Labute approximate surface area is 178 Å². The maximum atomic E-state index is 12.7. The molecule has 0 aromatic heterocycles. The lowest BCUT2D eigenvalue weighted by Crippen LogP contribution is -2.42. The number of nitrogens with zero attached hydrogens (tertiary/aromatic N) is 2. The number of nitrogens with one attached hydrogen (secondary N) is 1. The van der Waals surface area contributed by atoms with Gasteiger partial charge in [0.05, 0.1) is 12.2 Å². The SMILES string of the molecule is C[C@@H]1CN(C(=O)CCC(=O)NCCCN(C)Cc2ccccc2)c2ccccc2O1. The van der Waals surface area contributed by atoms with E-state index in [2.05, 4.69) is 29.4 Å². The summed E-state index contributed by atoms with van der Waals surface area (Å²) in [6, 6.07) is 17.9. The highest BCUT2D eigenvalue weighted by molar-refractivity contribution is 5.97. The second kappa shape index (κ2) is 10.8. The van der Waals surface area contributed by atoms with Crippen LogP contribution in [0.4, 0.5) is 5.69 Å². The number of carbonyl (C=O) groups is 2. The van der Waals surface area contributed by atoms with Crippen molar-refractivity contribution in [1.82, 2.24) is 10.2 Å². The first-order valence-corrected chi connectivity index (χ1v) is 10.6. The van der Waals surface area contributed by atoms with Gasteiger partial charge in [-0.1, -0.05) is 42.5 Å². The molecule has 0 radical (unpaired) electrons. The van der Waals surface area contributed by atoms with Crippen LogP contribution < -0.4 is 15.0 Å². The summed E-state index contributed by atoms with van der Waals surface area (Å²) in [5.74, 6) is 0.590. The fourth-order valence-electron chi connectivity index (χ4n) is 3.62. The number of hydrogen-bond donors (Lipinski definition) is 1. The fraction of sp³-hybridized carbons (Fsp3) is 0.417. The summed E-state index contributed by atoms with van der Waals surface area (Å²) in [5.41, 5.74) is 2.06. The summed E-state index contributed by atoms with van der Waals surface area (Å²) < 4.78 is 5.78. The van der Waals surface area contributed by atoms with Gasteiger partial charge in [0.15, 0.2) is 0 Å². The molecule has 0 spiro atoms. The van der Waals surface area contributed by atoms with Gasteiger partial charge >= 0.3 is 0 Å². The van der Waals surface area contributed by atoms with Crippen molar-refractivity contribution in [3.05, 3.63) is 60.2 Å². The zero-order valence-corrected chi connectivity index (χ0v) is 17.8. The van der Waals surface area contributed by atoms with E-state index in [1.807, 2.05) is 49.4 Å². The van der Waals surface area contributed by atoms with Crippen LogP contribution >= 0.6 is 0 Å². The van der Waals surface area contributed by atoms with Crippen LogP contribution in [0.25, 0.3) is 0 Å². The molecule has 0 bridgehead atoms. The Morgan fingerprint density at radius 2 is 1.83 bits per heavy atom. The minimum Gasteiger partial charge on any atom is -0.487 e. The Hall–Kier alpha value is -2.86. The van der Waals surface area contributed by atoms with Gasteiger partial charge in [-0.15, -0.1) is 0 Å². The summed E-state index contributed by atoms with van der Waals surface area (Å²) in [7, 11) is 2.08. The van der Waals surface area contributed by atoms with Crippen molar-refractivity contribution < 1.29 is 14.3 Å². The lowest BCUT2D eigenvalue weighted by molar-refractivity contribution is -0.125. The number of benzene rings is 2. The Balaban J connectivity index is 1.35. The molecule has 3 rings (SSSR count). The lowest BCUT2D eigenvalue weighted by Gasteiger charge is -2.33. The topological polar surface area (TPSA) is 61.9 Å². The molecule has 1 aliphatic rings. The molecule has 2 aromatic rings. The number of ether oxygens (including phenoxy) is 1. The summed E-state index contributed by atoms with van der Waals surface area (Å²) in [6.07, 6.45) is 1.20. The quantitative estimate of drug-likeness (QED) is 0.646. The Morgan fingerprint density at radius 3 is 2.63 bits per heavy atom. The van der Waals surface area contributed by atoms with Crippen molar-refractivity contribution >= 4 is 17.5 Å². The van der Waals surface area contributed by atoms with Crippen molar-refractivity contribution in [2.45, 2.75) is 38.8 Å². The van der Waals surface area contributed by atoms with Crippen LogP contribution in [0.15, 0.2) is 54.6 Å². The molecule has 1 atom stereocenters. The minimum atomic E-state index is -0.0799. The molecular weight excluding hydrogens is 378 g/mol. The number of carbonyl (C=O) groups excluding carboxylic acids is 2. The molecule has 30 heavy (non-hydrogen) atoms. The van der Waals surface area contributed by atoms with E-state index in [-0.39, 0.29) is 30.8 Å². The van der Waals surface area contributed by atoms with E-state index in [1.165, 1.54) is 5.56 Å². The first kappa shape index (κ1) is 21.8. The molecule has 1 heterocycles. The Kier molecular flexibility index (Phi) is 7.85. The zero-order chi connectivity index (χ0) is 21.3. The van der Waals surface area contributed by atoms with Gasteiger partial charge in [0.2, 0.25) is 11.8 Å². The Morgan fingerprint density at radius 1 is 1.10 bits per heavy atom. The van der Waals surface area contributed by atoms with Gasteiger partial charge in [-0.3, -0.25) is 9.59 Å². The second-order valence-electron chi connectivity index (χ2n) is 7.83. The molecule has 6 nitrogen and oxygen atoms in total. The second-order valence-corrected chi connectivity index (χ2v) is 7.83. The summed E-state index contributed by atoms with van der Waals surface area (Å²) >= 11 is 0. The third-order valence-electron chi connectivity index (χ3n) is 5.12. The van der Waals surface area contributed by atoms with Crippen LogP contribution in [0.2, 0.25) is 0 Å². The Bertz CT molecular complexity index is 841. The van der Waals surface area contributed by atoms with Crippen LogP contribution in [-0.4, -0.2) is 49.5 Å². The normalized spacial score (nSPS) is 15.4. The van der Waals surface area contributed by atoms with Crippen LogP contribution in [0.3, 0.4) is 0 Å². The van der Waals surface area contributed by atoms with Crippen molar-refractivity contribution in [1.29, 1.82) is 0 Å². The maximum Gasteiger partial charge on any atom is 0.227 e. The standard InChI is InChI=1S/C24H31N3O3/c1-19-17-27(21-11-6-7-12-22(21)30-19)24(29)14-13-23(28)25-15-8-16-26(2)18-20-9-4-3-5-10-20/h3-7,9-12,19H,8,13-18H2,1-2H3,(H,25,28)/t19-/m1/s1. The first-order valence-electron chi connectivity index (χ1n) is 10.6. The monoisotopic (exact) mass is 409 g/mol. The van der Waals surface area contributed by atoms with Gasteiger partial charge in [0.1, 0.15) is 11.9 Å². The number of amides is 2. The molecule has 6 heteroatoms. The van der Waals surface area contributed by atoms with E-state index in [1.54, 1.807) is 4.90 Å². The highest BCUT2D eigenvalue weighted by Crippen LogP contribution is 2.33. The van der Waals surface area contributed by atoms with Crippen LogP contribution in [0.5, 0.6) is 5.75 Å². The van der Waals surface area contributed by atoms with Crippen molar-refractivity contribution in [3.63, 3.8) is 0 Å². The number of para-hydroxylation sites is 2. The van der Waals surface area contributed by atoms with Crippen molar-refractivity contribution in [3.8, 4) is 5.75 Å². The largest absolute Gasteiger partial charge is 0.487 e. The van der Waals surface area contributed by atoms with Gasteiger partial charge in [-0.25, -0.2) is 0 Å². The fourth-order valence-corrected chi connectivity index (χ4v) is 3.62. The lowest BCUT2D eigenvalue weighted by atomic mass is 10.1.